The van der Waals surface area contributed by atoms with E-state index in [0.29, 0.717) is 29.6 Å². The molecule has 3 rings (SSSR count). The number of hydrogen-bond donors (Lipinski definition) is 2. The first-order valence-corrected chi connectivity index (χ1v) is 8.07. The Hall–Kier alpha value is -2.80. The van der Waals surface area contributed by atoms with Crippen LogP contribution < -0.4 is 10.6 Å². The average molecular weight is 358 g/mol. The lowest BCUT2D eigenvalue weighted by Crippen LogP contribution is -2.28. The molecule has 0 amide bonds. The Morgan fingerprint density at radius 1 is 1.04 bits per heavy atom. The average Bonchev–Trinajstić information content (AvgIpc) is 3.03. The summed E-state index contributed by atoms with van der Waals surface area (Å²) in [5, 5.41) is 10.7. The fourth-order valence-corrected chi connectivity index (χ4v) is 2.44. The van der Waals surface area contributed by atoms with Crippen molar-refractivity contribution < 1.29 is 8.78 Å². The molecular weight excluding hydrogens is 342 g/mol. The SMILES string of the molecule is Fc1ccc(CNC(=S)Nc2ccn(Cc3ccccc3F)n2)cc1. The summed E-state index contributed by atoms with van der Waals surface area (Å²) < 4.78 is 28.2. The van der Waals surface area contributed by atoms with E-state index in [1.807, 2.05) is 0 Å². The van der Waals surface area contributed by atoms with E-state index in [1.165, 1.54) is 18.2 Å². The summed E-state index contributed by atoms with van der Waals surface area (Å²) in [6, 6.07) is 14.5. The zero-order chi connectivity index (χ0) is 17.6. The number of thiocarbonyl (C=S) groups is 1. The number of aromatic nitrogens is 2. The number of rotatable bonds is 5. The molecule has 0 saturated carbocycles. The number of benzene rings is 2. The molecule has 0 radical (unpaired) electrons. The fourth-order valence-electron chi connectivity index (χ4n) is 2.26. The van der Waals surface area contributed by atoms with Crippen LogP contribution in [0.5, 0.6) is 0 Å². The van der Waals surface area contributed by atoms with Gasteiger partial charge in [-0.1, -0.05) is 30.3 Å². The summed E-state index contributed by atoms with van der Waals surface area (Å²) in [7, 11) is 0. The van der Waals surface area contributed by atoms with Gasteiger partial charge in [-0.25, -0.2) is 8.78 Å². The number of nitrogens with one attached hydrogen (secondary N) is 2. The largest absolute Gasteiger partial charge is 0.358 e. The molecule has 0 aliphatic carbocycles. The van der Waals surface area contributed by atoms with E-state index in [0.717, 1.165) is 5.56 Å². The highest BCUT2D eigenvalue weighted by Gasteiger charge is 2.05. The van der Waals surface area contributed by atoms with Crippen LogP contribution in [-0.4, -0.2) is 14.9 Å². The number of anilines is 1. The normalized spacial score (nSPS) is 10.5. The van der Waals surface area contributed by atoms with Gasteiger partial charge in [0.05, 0.1) is 6.54 Å². The van der Waals surface area contributed by atoms with Crippen LogP contribution in [0.3, 0.4) is 0 Å². The first kappa shape index (κ1) is 17.0. The van der Waals surface area contributed by atoms with Gasteiger partial charge < -0.3 is 10.6 Å². The monoisotopic (exact) mass is 358 g/mol. The molecule has 2 N–H and O–H groups in total. The molecule has 0 saturated heterocycles. The molecule has 4 nitrogen and oxygen atoms in total. The van der Waals surface area contributed by atoms with Crippen LogP contribution in [-0.2, 0) is 13.1 Å². The number of halogens is 2. The second-order valence-electron chi connectivity index (χ2n) is 5.42. The molecule has 7 heteroatoms. The molecule has 128 valence electrons. The minimum Gasteiger partial charge on any atom is -0.358 e. The molecule has 0 spiro atoms. The molecule has 0 aliphatic rings. The van der Waals surface area contributed by atoms with Crippen molar-refractivity contribution in [2.24, 2.45) is 0 Å². The molecule has 0 fully saturated rings. The lowest BCUT2D eigenvalue weighted by Gasteiger charge is -2.08. The molecule has 0 unspecified atom stereocenters. The Bertz CT molecular complexity index is 862. The van der Waals surface area contributed by atoms with E-state index in [2.05, 4.69) is 15.7 Å². The maximum atomic E-state index is 13.7. The van der Waals surface area contributed by atoms with E-state index >= 15 is 0 Å². The third-order valence-corrected chi connectivity index (χ3v) is 3.79. The third kappa shape index (κ3) is 4.84. The molecule has 0 aliphatic heterocycles. The highest BCUT2D eigenvalue weighted by Crippen LogP contribution is 2.10. The number of nitrogens with zero attached hydrogens (tertiary/aromatic N) is 2. The Balaban J connectivity index is 1.53. The van der Waals surface area contributed by atoms with Crippen LogP contribution in [0.1, 0.15) is 11.1 Å². The zero-order valence-corrected chi connectivity index (χ0v) is 14.1. The summed E-state index contributed by atoms with van der Waals surface area (Å²) in [5.41, 5.74) is 1.48. The lowest BCUT2D eigenvalue weighted by atomic mass is 10.2. The molecule has 1 aromatic heterocycles. The highest BCUT2D eigenvalue weighted by molar-refractivity contribution is 7.80. The Labute approximate surface area is 149 Å². The molecule has 25 heavy (non-hydrogen) atoms. The minimum absolute atomic E-state index is 0.260. The summed E-state index contributed by atoms with van der Waals surface area (Å²) in [4.78, 5) is 0. The standard InChI is InChI=1S/C18H16F2N4S/c19-15-7-5-13(6-8-15)11-21-18(25)22-17-9-10-24(23-17)12-14-3-1-2-4-16(14)20/h1-10H,11-12H2,(H2,21,22,23,25). The third-order valence-electron chi connectivity index (χ3n) is 3.54. The predicted octanol–water partition coefficient (Wildman–Crippen LogP) is 3.70. The Kier molecular flexibility index (Phi) is 5.35. The van der Waals surface area contributed by atoms with Gasteiger partial charge in [0.2, 0.25) is 0 Å². The molecule has 2 aromatic carbocycles. The van der Waals surface area contributed by atoms with Gasteiger partial charge in [-0.2, -0.15) is 5.10 Å². The van der Waals surface area contributed by atoms with Gasteiger partial charge >= 0.3 is 0 Å². The number of hydrogen-bond acceptors (Lipinski definition) is 2. The van der Waals surface area contributed by atoms with Gasteiger partial charge in [0.1, 0.15) is 11.6 Å². The van der Waals surface area contributed by atoms with Gasteiger partial charge in [-0.3, -0.25) is 4.68 Å². The quantitative estimate of drug-likeness (QED) is 0.683. The molecule has 0 atom stereocenters. The molecule has 1 heterocycles. The van der Waals surface area contributed by atoms with Crippen LogP contribution in [0.4, 0.5) is 14.6 Å². The van der Waals surface area contributed by atoms with Crippen molar-refractivity contribution in [2.45, 2.75) is 13.1 Å². The Morgan fingerprint density at radius 2 is 1.80 bits per heavy atom. The van der Waals surface area contributed by atoms with Gasteiger partial charge in [0.25, 0.3) is 0 Å². The maximum Gasteiger partial charge on any atom is 0.172 e. The first-order valence-electron chi connectivity index (χ1n) is 7.66. The lowest BCUT2D eigenvalue weighted by molar-refractivity contribution is 0.586. The predicted molar refractivity (Wildman–Crippen MR) is 97.2 cm³/mol. The van der Waals surface area contributed by atoms with E-state index in [1.54, 1.807) is 47.3 Å². The van der Waals surface area contributed by atoms with E-state index in [4.69, 9.17) is 12.2 Å². The van der Waals surface area contributed by atoms with E-state index in [-0.39, 0.29) is 11.6 Å². The maximum absolute atomic E-state index is 13.7. The van der Waals surface area contributed by atoms with Gasteiger partial charge in [0.15, 0.2) is 10.9 Å². The van der Waals surface area contributed by atoms with Gasteiger partial charge in [0, 0.05) is 24.4 Å². The topological polar surface area (TPSA) is 41.9 Å². The van der Waals surface area contributed by atoms with Crippen LogP contribution >= 0.6 is 12.2 Å². The van der Waals surface area contributed by atoms with Crippen molar-refractivity contribution in [3.8, 4) is 0 Å². The van der Waals surface area contributed by atoms with Crippen molar-refractivity contribution in [2.75, 3.05) is 5.32 Å². The van der Waals surface area contributed by atoms with Crippen molar-refractivity contribution in [3.05, 3.63) is 83.6 Å². The van der Waals surface area contributed by atoms with Crippen LogP contribution in [0, 0.1) is 11.6 Å². The first-order chi connectivity index (χ1) is 12.1. The van der Waals surface area contributed by atoms with E-state index < -0.39 is 0 Å². The zero-order valence-electron chi connectivity index (χ0n) is 13.2. The summed E-state index contributed by atoms with van der Waals surface area (Å²) in [5.74, 6) is 0.0294. The molecule has 0 bridgehead atoms. The summed E-state index contributed by atoms with van der Waals surface area (Å²) in [6.07, 6.45) is 1.75. The Morgan fingerprint density at radius 3 is 2.56 bits per heavy atom. The van der Waals surface area contributed by atoms with Crippen LogP contribution in [0.25, 0.3) is 0 Å². The smallest absolute Gasteiger partial charge is 0.172 e. The second kappa shape index (κ2) is 7.85. The van der Waals surface area contributed by atoms with Gasteiger partial charge in [-0.05, 0) is 36.0 Å². The molecular formula is C18H16F2N4S. The van der Waals surface area contributed by atoms with Crippen molar-refractivity contribution in [1.29, 1.82) is 0 Å². The van der Waals surface area contributed by atoms with Crippen molar-refractivity contribution in [3.63, 3.8) is 0 Å². The summed E-state index contributed by atoms with van der Waals surface area (Å²) in [6.45, 7) is 0.812. The fraction of sp³-hybridized carbons (Fsp3) is 0.111. The van der Waals surface area contributed by atoms with Gasteiger partial charge in [-0.15, -0.1) is 0 Å². The molecule has 3 aromatic rings. The second-order valence-corrected chi connectivity index (χ2v) is 5.83. The highest BCUT2D eigenvalue weighted by atomic mass is 32.1. The van der Waals surface area contributed by atoms with E-state index in [9.17, 15) is 8.78 Å². The summed E-state index contributed by atoms with van der Waals surface area (Å²) >= 11 is 5.22. The minimum atomic E-state index is -0.273. The van der Waals surface area contributed by atoms with Crippen LogP contribution in [0.15, 0.2) is 60.8 Å². The van der Waals surface area contributed by atoms with Crippen molar-refractivity contribution >= 4 is 23.1 Å². The van der Waals surface area contributed by atoms with Crippen LogP contribution in [0.2, 0.25) is 0 Å². The van der Waals surface area contributed by atoms with Crippen molar-refractivity contribution in [1.82, 2.24) is 15.1 Å².